The molecule has 8 heteroatoms. The molecule has 0 unspecified atom stereocenters. The molecular weight excluding hydrogens is 475 g/mol. The quantitative estimate of drug-likeness (QED) is 0.0684. The van der Waals surface area contributed by atoms with E-state index in [-0.39, 0.29) is 12.5 Å². The first-order valence-electron chi connectivity index (χ1n) is 13.8. The van der Waals surface area contributed by atoms with E-state index in [2.05, 4.69) is 29.7 Å². The lowest BCUT2D eigenvalue weighted by Gasteiger charge is -2.18. The largest absolute Gasteiger partial charge is 0.567 e. The van der Waals surface area contributed by atoms with Gasteiger partial charge in [-0.1, -0.05) is 101 Å². The third kappa shape index (κ3) is 20.8. The fraction of sp³-hybridized carbons (Fsp3) is 0.679. The van der Waals surface area contributed by atoms with Crippen LogP contribution in [0.3, 0.4) is 0 Å². The number of hydrogen-bond acceptors (Lipinski definition) is 6. The minimum atomic E-state index is -4.34. The Labute approximate surface area is 219 Å². The summed E-state index contributed by atoms with van der Waals surface area (Å²) in [5, 5.41) is 6.11. The van der Waals surface area contributed by atoms with Crippen LogP contribution < -0.4 is 10.6 Å². The highest BCUT2D eigenvalue weighted by molar-refractivity contribution is 7.53. The summed E-state index contributed by atoms with van der Waals surface area (Å²) in [6, 6.07) is 9.37. The molecule has 1 amide bonds. The molecule has 0 aromatic heterocycles. The van der Waals surface area contributed by atoms with Gasteiger partial charge in [0.1, 0.15) is 6.61 Å². The average molecular weight is 526 g/mol. The summed E-state index contributed by atoms with van der Waals surface area (Å²) < 4.78 is 4.74. The summed E-state index contributed by atoms with van der Waals surface area (Å²) >= 11 is 0. The van der Waals surface area contributed by atoms with Crippen LogP contribution >= 0.6 is 8.17 Å². The first-order chi connectivity index (χ1) is 17.4. The van der Waals surface area contributed by atoms with Crippen molar-refractivity contribution in [2.24, 2.45) is 0 Å². The maximum Gasteiger partial charge on any atom is 0.567 e. The summed E-state index contributed by atoms with van der Waals surface area (Å²) in [5.41, 5.74) is 1.10. The summed E-state index contributed by atoms with van der Waals surface area (Å²) in [7, 11) is -4.34. The van der Waals surface area contributed by atoms with E-state index in [4.69, 9.17) is 19.2 Å². The molecule has 0 heterocycles. The molecule has 7 nitrogen and oxygen atoms in total. The van der Waals surface area contributed by atoms with Crippen LogP contribution in [0.5, 0.6) is 0 Å². The molecule has 0 radical (unpaired) electrons. The standard InChI is InChI=1S/C28H49N2O5P/c1-2-3-4-5-6-7-8-9-10-11-12-13-14-15-19-22-28(31)30-27(25-35-36(32,33)34)24-29-23-26-20-17-16-18-21-26/h9-10,16-18,20-21,27,29,32-34H,2-8,11-15,19,22-25H2,1H3/p+1/b10-9-/t27-/m1/s1. The summed E-state index contributed by atoms with van der Waals surface area (Å²) in [6.45, 7) is 3.06. The number of carbonyl (C=O) groups is 1. The molecule has 1 aromatic carbocycles. The zero-order chi connectivity index (χ0) is 26.3. The van der Waals surface area contributed by atoms with Gasteiger partial charge in [-0.15, -0.1) is 0 Å². The smallest absolute Gasteiger partial charge is 0.350 e. The zero-order valence-corrected chi connectivity index (χ0v) is 23.1. The molecule has 0 spiro atoms. The van der Waals surface area contributed by atoms with Crippen molar-refractivity contribution in [3.8, 4) is 0 Å². The molecular formula is C28H50N2O5P+. The molecule has 206 valence electrons. The van der Waals surface area contributed by atoms with E-state index in [1.807, 2.05) is 30.3 Å². The van der Waals surface area contributed by atoms with E-state index in [9.17, 15) is 4.79 Å². The summed E-state index contributed by atoms with van der Waals surface area (Å²) in [5.74, 6) is -0.0968. The molecule has 5 N–H and O–H groups in total. The van der Waals surface area contributed by atoms with Gasteiger partial charge in [0.25, 0.3) is 0 Å². The number of benzene rings is 1. The van der Waals surface area contributed by atoms with Crippen molar-refractivity contribution >= 4 is 14.1 Å². The number of nitrogens with one attached hydrogen (secondary N) is 2. The average Bonchev–Trinajstić information content (AvgIpc) is 2.85. The molecule has 1 rings (SSSR count). The highest BCUT2D eigenvalue weighted by Gasteiger charge is 2.34. The second-order valence-corrected chi connectivity index (χ2v) is 10.8. The maximum absolute atomic E-state index is 12.4. The van der Waals surface area contributed by atoms with Crippen molar-refractivity contribution < 1.29 is 24.0 Å². The van der Waals surface area contributed by atoms with Crippen LogP contribution in [0.15, 0.2) is 42.5 Å². The topological polar surface area (TPSA) is 111 Å². The molecule has 36 heavy (non-hydrogen) atoms. The maximum atomic E-state index is 12.4. The van der Waals surface area contributed by atoms with E-state index >= 15 is 0 Å². The van der Waals surface area contributed by atoms with Crippen molar-refractivity contribution in [2.45, 2.75) is 109 Å². The van der Waals surface area contributed by atoms with E-state index in [0.717, 1.165) is 31.2 Å². The molecule has 1 atom stereocenters. The Morgan fingerprint density at radius 1 is 0.889 bits per heavy atom. The number of hydrogen-bond donors (Lipinski definition) is 5. The third-order valence-corrected chi connectivity index (χ3v) is 6.54. The van der Waals surface area contributed by atoms with Crippen LogP contribution in [-0.4, -0.2) is 39.8 Å². The fourth-order valence-electron chi connectivity index (χ4n) is 3.98. The molecule has 0 bridgehead atoms. The minimum Gasteiger partial charge on any atom is -0.350 e. The monoisotopic (exact) mass is 525 g/mol. The Bertz CT molecular complexity index is 682. The van der Waals surface area contributed by atoms with Crippen LogP contribution in [0.25, 0.3) is 0 Å². The Balaban J connectivity index is 2.11. The van der Waals surface area contributed by atoms with Crippen LogP contribution in [0.2, 0.25) is 0 Å². The van der Waals surface area contributed by atoms with E-state index in [1.54, 1.807) is 0 Å². The SMILES string of the molecule is CCCCCCCC/C=C\CCCCCCCC(=O)N[C@H](CNCc1ccccc1)CO[P+](O)(O)O. The van der Waals surface area contributed by atoms with Gasteiger partial charge in [0.05, 0.1) is 6.04 Å². The lowest BCUT2D eigenvalue weighted by molar-refractivity contribution is -0.122. The van der Waals surface area contributed by atoms with E-state index in [1.165, 1.54) is 57.8 Å². The highest BCUT2D eigenvalue weighted by atomic mass is 31.2. The molecule has 0 saturated carbocycles. The van der Waals surface area contributed by atoms with Gasteiger partial charge in [-0.2, -0.15) is 19.2 Å². The van der Waals surface area contributed by atoms with Crippen molar-refractivity contribution in [1.82, 2.24) is 10.6 Å². The molecule has 0 fully saturated rings. The number of unbranched alkanes of at least 4 members (excludes halogenated alkanes) is 11. The minimum absolute atomic E-state index is 0.0968. The lowest BCUT2D eigenvalue weighted by Crippen LogP contribution is -2.44. The Kier molecular flexibility index (Phi) is 19.7. The first kappa shape index (κ1) is 32.7. The van der Waals surface area contributed by atoms with Gasteiger partial charge in [-0.25, -0.2) is 0 Å². The predicted octanol–water partition coefficient (Wildman–Crippen LogP) is 5.97. The second-order valence-electron chi connectivity index (χ2n) is 9.52. The number of rotatable bonds is 23. The second kappa shape index (κ2) is 21.7. The zero-order valence-electron chi connectivity index (χ0n) is 22.2. The predicted molar refractivity (Wildman–Crippen MR) is 149 cm³/mol. The van der Waals surface area contributed by atoms with E-state index in [0.29, 0.717) is 19.5 Å². The van der Waals surface area contributed by atoms with Crippen molar-refractivity contribution in [3.63, 3.8) is 0 Å². The first-order valence-corrected chi connectivity index (χ1v) is 15.4. The van der Waals surface area contributed by atoms with E-state index < -0.39 is 14.2 Å². The van der Waals surface area contributed by atoms with Crippen molar-refractivity contribution in [3.05, 3.63) is 48.0 Å². The Morgan fingerprint density at radius 2 is 1.47 bits per heavy atom. The van der Waals surface area contributed by atoms with Gasteiger partial charge in [0.15, 0.2) is 0 Å². The Morgan fingerprint density at radius 3 is 2.08 bits per heavy atom. The number of allylic oxidation sites excluding steroid dienone is 2. The third-order valence-electron chi connectivity index (χ3n) is 6.04. The van der Waals surface area contributed by atoms with Gasteiger partial charge < -0.3 is 10.6 Å². The van der Waals surface area contributed by atoms with Crippen molar-refractivity contribution in [1.29, 1.82) is 0 Å². The molecule has 0 aliphatic heterocycles. The molecule has 1 aromatic rings. The molecule has 0 saturated heterocycles. The lowest BCUT2D eigenvalue weighted by atomic mass is 10.1. The van der Waals surface area contributed by atoms with Gasteiger partial charge in [-0.3, -0.25) is 4.79 Å². The normalized spacial score (nSPS) is 12.8. The van der Waals surface area contributed by atoms with Crippen LogP contribution in [0.1, 0.15) is 102 Å². The summed E-state index contributed by atoms with van der Waals surface area (Å²) in [6.07, 6.45) is 20.8. The van der Waals surface area contributed by atoms with Crippen LogP contribution in [-0.2, 0) is 15.9 Å². The van der Waals surface area contributed by atoms with Gasteiger partial charge in [0, 0.05) is 19.5 Å². The fourth-order valence-corrected chi connectivity index (χ4v) is 4.36. The van der Waals surface area contributed by atoms with Crippen LogP contribution in [0.4, 0.5) is 0 Å². The number of carbonyl (C=O) groups excluding carboxylic acids is 1. The Hall–Kier alpha value is -1.34. The van der Waals surface area contributed by atoms with Gasteiger partial charge in [-0.05, 0) is 37.7 Å². The highest BCUT2D eigenvalue weighted by Crippen LogP contribution is 2.45. The molecule has 0 aliphatic rings. The van der Waals surface area contributed by atoms with Crippen molar-refractivity contribution in [2.75, 3.05) is 13.2 Å². The summed E-state index contributed by atoms with van der Waals surface area (Å²) in [4.78, 5) is 39.7. The van der Waals surface area contributed by atoms with Crippen LogP contribution in [0, 0.1) is 0 Å². The number of amides is 1. The molecule has 0 aliphatic carbocycles. The van der Waals surface area contributed by atoms with Gasteiger partial charge in [0.2, 0.25) is 5.91 Å². The van der Waals surface area contributed by atoms with Gasteiger partial charge >= 0.3 is 8.17 Å².